The SMILES string of the molecule is C[C@H]1[C@H](O)CN1c1nc(-c2cnn(C3CN(C(=O)O)C3)c2)cc(C(F)(F)F)n1. The number of halogens is 3. The molecule has 9 nitrogen and oxygen atoms in total. The largest absolute Gasteiger partial charge is 0.465 e. The number of β-amino-alcohol motifs (C(OH)–C–C–N with tert-alkyl or cyclic N) is 1. The first-order chi connectivity index (χ1) is 13.1. The molecule has 2 aromatic rings. The van der Waals surface area contributed by atoms with Crippen molar-refractivity contribution >= 4 is 12.0 Å². The Bertz CT molecular complexity index is 911. The number of nitrogens with zero attached hydrogens (tertiary/aromatic N) is 6. The summed E-state index contributed by atoms with van der Waals surface area (Å²) in [5, 5.41) is 22.7. The molecular weight excluding hydrogens is 381 g/mol. The van der Waals surface area contributed by atoms with Crippen molar-refractivity contribution in [3.63, 3.8) is 0 Å². The Morgan fingerprint density at radius 2 is 1.96 bits per heavy atom. The lowest BCUT2D eigenvalue weighted by Crippen LogP contribution is -2.59. The van der Waals surface area contributed by atoms with Gasteiger partial charge in [-0.25, -0.2) is 14.8 Å². The maximum absolute atomic E-state index is 13.3. The molecule has 2 saturated heterocycles. The summed E-state index contributed by atoms with van der Waals surface area (Å²) < 4.78 is 41.4. The number of anilines is 1. The van der Waals surface area contributed by atoms with Crippen LogP contribution in [-0.4, -0.2) is 72.7 Å². The van der Waals surface area contributed by atoms with Crippen molar-refractivity contribution in [3.05, 3.63) is 24.2 Å². The number of hydrogen-bond donors (Lipinski definition) is 2. The van der Waals surface area contributed by atoms with Crippen molar-refractivity contribution in [1.82, 2.24) is 24.6 Å². The van der Waals surface area contributed by atoms with Crippen molar-refractivity contribution in [1.29, 1.82) is 0 Å². The molecule has 4 heterocycles. The second kappa shape index (κ2) is 6.33. The van der Waals surface area contributed by atoms with Gasteiger partial charge in [0.1, 0.15) is 0 Å². The molecule has 2 aliphatic heterocycles. The summed E-state index contributed by atoms with van der Waals surface area (Å²) in [6, 6.07) is 0.311. The molecule has 2 aromatic heterocycles. The zero-order valence-electron chi connectivity index (χ0n) is 14.7. The average molecular weight is 398 g/mol. The quantitative estimate of drug-likeness (QED) is 0.806. The van der Waals surface area contributed by atoms with E-state index < -0.39 is 24.1 Å². The Morgan fingerprint density at radius 1 is 1.25 bits per heavy atom. The lowest BCUT2D eigenvalue weighted by molar-refractivity contribution is -0.141. The van der Waals surface area contributed by atoms with Crippen LogP contribution in [0.5, 0.6) is 0 Å². The van der Waals surface area contributed by atoms with Crippen molar-refractivity contribution in [2.24, 2.45) is 0 Å². The molecule has 2 atom stereocenters. The third-order valence-corrected chi connectivity index (χ3v) is 5.10. The molecule has 2 fully saturated rings. The van der Waals surface area contributed by atoms with Gasteiger partial charge in [-0.1, -0.05) is 0 Å². The van der Waals surface area contributed by atoms with Gasteiger partial charge in [0.15, 0.2) is 5.69 Å². The minimum absolute atomic E-state index is 0.0616. The van der Waals surface area contributed by atoms with E-state index in [1.165, 1.54) is 20.7 Å². The predicted molar refractivity (Wildman–Crippen MR) is 89.7 cm³/mol. The fraction of sp³-hybridized carbons (Fsp3) is 0.500. The maximum Gasteiger partial charge on any atom is 0.433 e. The third-order valence-electron chi connectivity index (χ3n) is 5.10. The zero-order valence-corrected chi connectivity index (χ0v) is 14.7. The molecule has 0 aromatic carbocycles. The Labute approximate surface area is 157 Å². The van der Waals surface area contributed by atoms with E-state index >= 15 is 0 Å². The van der Waals surface area contributed by atoms with Gasteiger partial charge in [0.05, 0.1) is 30.1 Å². The third kappa shape index (κ3) is 3.13. The van der Waals surface area contributed by atoms with E-state index in [4.69, 9.17) is 5.11 Å². The highest BCUT2D eigenvalue weighted by molar-refractivity contribution is 5.66. The van der Waals surface area contributed by atoms with Crippen LogP contribution in [-0.2, 0) is 6.18 Å². The molecule has 2 N–H and O–H groups in total. The van der Waals surface area contributed by atoms with Crippen LogP contribution in [0.4, 0.5) is 23.9 Å². The van der Waals surface area contributed by atoms with Gasteiger partial charge in [-0.3, -0.25) is 4.68 Å². The van der Waals surface area contributed by atoms with Crippen LogP contribution in [0.1, 0.15) is 18.7 Å². The summed E-state index contributed by atoms with van der Waals surface area (Å²) in [4.78, 5) is 21.4. The summed E-state index contributed by atoms with van der Waals surface area (Å²) in [6.45, 7) is 2.37. The zero-order chi connectivity index (χ0) is 20.2. The first-order valence-corrected chi connectivity index (χ1v) is 8.57. The van der Waals surface area contributed by atoms with Crippen LogP contribution >= 0.6 is 0 Å². The van der Waals surface area contributed by atoms with Crippen LogP contribution in [0.15, 0.2) is 18.5 Å². The highest BCUT2D eigenvalue weighted by atomic mass is 19.4. The normalized spacial score (nSPS) is 22.8. The molecule has 0 bridgehead atoms. The molecule has 0 saturated carbocycles. The maximum atomic E-state index is 13.3. The molecule has 0 spiro atoms. The van der Waals surface area contributed by atoms with Crippen LogP contribution in [0.3, 0.4) is 0 Å². The molecule has 12 heteroatoms. The molecular formula is C16H17F3N6O3. The van der Waals surface area contributed by atoms with E-state index in [1.54, 1.807) is 13.1 Å². The number of carbonyl (C=O) groups is 1. The molecule has 2 aliphatic rings. The highest BCUT2D eigenvalue weighted by Crippen LogP contribution is 2.34. The van der Waals surface area contributed by atoms with E-state index in [2.05, 4.69) is 15.1 Å². The summed E-state index contributed by atoms with van der Waals surface area (Å²) in [5.74, 6) is -0.101. The number of amides is 1. The van der Waals surface area contributed by atoms with E-state index in [0.29, 0.717) is 5.56 Å². The van der Waals surface area contributed by atoms with E-state index in [9.17, 15) is 23.1 Å². The molecule has 4 rings (SSSR count). The topological polar surface area (TPSA) is 108 Å². The van der Waals surface area contributed by atoms with Gasteiger partial charge in [-0.15, -0.1) is 0 Å². The smallest absolute Gasteiger partial charge is 0.433 e. The molecule has 0 radical (unpaired) electrons. The highest BCUT2D eigenvalue weighted by Gasteiger charge is 2.39. The predicted octanol–water partition coefficient (Wildman–Crippen LogP) is 1.46. The minimum atomic E-state index is -4.65. The second-order valence-electron chi connectivity index (χ2n) is 6.95. The number of aliphatic hydroxyl groups is 1. The minimum Gasteiger partial charge on any atom is -0.465 e. The van der Waals surface area contributed by atoms with Crippen molar-refractivity contribution in [3.8, 4) is 11.3 Å². The Kier molecular flexibility index (Phi) is 4.17. The summed E-state index contributed by atoms with van der Waals surface area (Å²) in [5.41, 5.74) is -0.641. The fourth-order valence-corrected chi connectivity index (χ4v) is 3.16. The molecule has 150 valence electrons. The van der Waals surface area contributed by atoms with Crippen LogP contribution in [0, 0.1) is 0 Å². The Hall–Kier alpha value is -2.89. The van der Waals surface area contributed by atoms with Gasteiger partial charge in [-0.05, 0) is 13.0 Å². The van der Waals surface area contributed by atoms with Gasteiger partial charge in [0.2, 0.25) is 5.95 Å². The molecule has 0 aliphatic carbocycles. The molecule has 0 unspecified atom stereocenters. The van der Waals surface area contributed by atoms with Crippen molar-refractivity contribution in [2.45, 2.75) is 31.3 Å². The lowest BCUT2D eigenvalue weighted by atomic mass is 10.0. The van der Waals surface area contributed by atoms with Gasteiger partial charge >= 0.3 is 12.3 Å². The molecule has 28 heavy (non-hydrogen) atoms. The first kappa shape index (κ1) is 18.5. The lowest BCUT2D eigenvalue weighted by Gasteiger charge is -2.43. The monoisotopic (exact) mass is 398 g/mol. The molecule has 1 amide bonds. The number of hydrogen-bond acceptors (Lipinski definition) is 6. The fourth-order valence-electron chi connectivity index (χ4n) is 3.16. The number of likely N-dealkylation sites (tertiary alicyclic amines) is 1. The Balaban J connectivity index is 1.63. The van der Waals surface area contributed by atoms with Gasteiger partial charge in [0.25, 0.3) is 0 Å². The van der Waals surface area contributed by atoms with Crippen LogP contribution in [0.25, 0.3) is 11.3 Å². The average Bonchev–Trinajstić information content (AvgIpc) is 3.06. The first-order valence-electron chi connectivity index (χ1n) is 8.57. The second-order valence-corrected chi connectivity index (χ2v) is 6.95. The standard InChI is InChI=1S/C16H17F3N6O3/c1-8-12(26)7-24(8)14-21-11(2-13(22-14)16(17,18)19)9-3-20-25(4-9)10-5-23(6-10)15(27)28/h2-4,8,10,12,26H,5-7H2,1H3,(H,27,28)/t8-,12+/m0/s1. The number of alkyl halides is 3. The van der Waals surface area contributed by atoms with E-state index in [-0.39, 0.29) is 43.4 Å². The van der Waals surface area contributed by atoms with E-state index in [1.807, 2.05) is 0 Å². The summed E-state index contributed by atoms with van der Waals surface area (Å²) in [6.07, 6.45) is -3.37. The summed E-state index contributed by atoms with van der Waals surface area (Å²) >= 11 is 0. The number of carboxylic acid groups (broad SMARTS) is 1. The number of aliphatic hydroxyl groups excluding tert-OH is 1. The van der Waals surface area contributed by atoms with Gasteiger partial charge in [0, 0.05) is 31.4 Å². The van der Waals surface area contributed by atoms with Crippen LogP contribution < -0.4 is 4.90 Å². The van der Waals surface area contributed by atoms with Crippen molar-refractivity contribution in [2.75, 3.05) is 24.5 Å². The number of aromatic nitrogens is 4. The van der Waals surface area contributed by atoms with Gasteiger partial charge in [-0.2, -0.15) is 18.3 Å². The van der Waals surface area contributed by atoms with Crippen molar-refractivity contribution < 1.29 is 28.2 Å². The summed E-state index contributed by atoms with van der Waals surface area (Å²) in [7, 11) is 0. The van der Waals surface area contributed by atoms with Gasteiger partial charge < -0.3 is 20.0 Å². The van der Waals surface area contributed by atoms with E-state index in [0.717, 1.165) is 6.07 Å². The number of rotatable bonds is 3. The Morgan fingerprint density at radius 3 is 2.54 bits per heavy atom. The van der Waals surface area contributed by atoms with Crippen LogP contribution in [0.2, 0.25) is 0 Å².